The summed E-state index contributed by atoms with van der Waals surface area (Å²) in [6.45, 7) is 10.1. The van der Waals surface area contributed by atoms with Crippen LogP contribution in [0.15, 0.2) is 12.7 Å². The summed E-state index contributed by atoms with van der Waals surface area (Å²) in [5.74, 6) is 5.35. The second-order valence-electron chi connectivity index (χ2n) is 3.61. The topological polar surface area (TPSA) is 38.0 Å². The number of hydrazine groups is 1. The molecule has 0 radical (unpaired) electrons. The van der Waals surface area contributed by atoms with Gasteiger partial charge in [-0.25, -0.2) is 0 Å². The van der Waals surface area contributed by atoms with Crippen molar-refractivity contribution < 1.29 is 0 Å². The Morgan fingerprint density at radius 1 is 1.60 bits per heavy atom. The van der Waals surface area contributed by atoms with E-state index in [0.29, 0.717) is 6.04 Å². The van der Waals surface area contributed by atoms with Gasteiger partial charge in [-0.15, -0.1) is 6.58 Å². The van der Waals surface area contributed by atoms with Crippen molar-refractivity contribution in [1.29, 1.82) is 0 Å². The van der Waals surface area contributed by atoms with Gasteiger partial charge in [0.05, 0.1) is 0 Å². The third-order valence-corrected chi connectivity index (χ3v) is 1.65. The number of hydrogen-bond donors (Lipinski definition) is 2. The lowest BCUT2D eigenvalue weighted by Gasteiger charge is -2.28. The Morgan fingerprint density at radius 2 is 2.10 bits per heavy atom. The van der Waals surface area contributed by atoms with Gasteiger partial charge in [0.25, 0.3) is 0 Å². The first-order valence-electron chi connectivity index (χ1n) is 3.59. The molecule has 0 aliphatic carbocycles. The fraction of sp³-hybridized carbons (Fsp3) is 0.750. The molecule has 1 atom stereocenters. The molecule has 3 N–H and O–H groups in total. The SMILES string of the molecule is C=CC[C@@H](NN)C(C)(C)C. The van der Waals surface area contributed by atoms with Crippen molar-refractivity contribution in [1.82, 2.24) is 5.43 Å². The molecular weight excluding hydrogens is 124 g/mol. The fourth-order valence-corrected chi connectivity index (χ4v) is 0.838. The summed E-state index contributed by atoms with van der Waals surface area (Å²) >= 11 is 0. The molecule has 0 aliphatic rings. The Balaban J connectivity index is 3.92. The number of hydrogen-bond acceptors (Lipinski definition) is 2. The predicted molar refractivity (Wildman–Crippen MR) is 45.4 cm³/mol. The van der Waals surface area contributed by atoms with Crippen molar-refractivity contribution in [3.8, 4) is 0 Å². The lowest BCUT2D eigenvalue weighted by Crippen LogP contribution is -2.43. The van der Waals surface area contributed by atoms with Gasteiger partial charge in [0.2, 0.25) is 0 Å². The standard InChI is InChI=1S/C8H18N2/c1-5-6-7(10-9)8(2,3)4/h5,7,10H,1,6,9H2,2-4H3/t7-/m1/s1. The Hall–Kier alpha value is -0.340. The molecule has 0 aromatic rings. The minimum Gasteiger partial charge on any atom is -0.271 e. The summed E-state index contributed by atoms with van der Waals surface area (Å²) in [6.07, 6.45) is 2.80. The van der Waals surface area contributed by atoms with Crippen LogP contribution in [0.4, 0.5) is 0 Å². The van der Waals surface area contributed by atoms with Gasteiger partial charge >= 0.3 is 0 Å². The molecule has 0 aliphatic heterocycles. The first-order valence-corrected chi connectivity index (χ1v) is 3.59. The highest BCUT2D eigenvalue weighted by molar-refractivity contribution is 4.84. The van der Waals surface area contributed by atoms with Crippen LogP contribution in [0.2, 0.25) is 0 Å². The smallest absolute Gasteiger partial charge is 0.0293 e. The van der Waals surface area contributed by atoms with Crippen LogP contribution in [0.1, 0.15) is 27.2 Å². The summed E-state index contributed by atoms with van der Waals surface area (Å²) in [6, 6.07) is 0.324. The maximum atomic E-state index is 5.35. The molecule has 10 heavy (non-hydrogen) atoms. The minimum absolute atomic E-state index is 0.211. The van der Waals surface area contributed by atoms with Crippen LogP contribution in [-0.4, -0.2) is 6.04 Å². The van der Waals surface area contributed by atoms with E-state index in [9.17, 15) is 0 Å². The highest BCUT2D eigenvalue weighted by Gasteiger charge is 2.21. The zero-order chi connectivity index (χ0) is 8.20. The molecule has 0 aromatic carbocycles. The highest BCUT2D eigenvalue weighted by atomic mass is 15.2. The van der Waals surface area contributed by atoms with Crippen LogP contribution in [0, 0.1) is 5.41 Å². The Labute approximate surface area is 63.5 Å². The molecule has 60 valence electrons. The zero-order valence-corrected chi connectivity index (χ0v) is 7.15. The van der Waals surface area contributed by atoms with Crippen molar-refractivity contribution in [2.45, 2.75) is 33.2 Å². The monoisotopic (exact) mass is 142 g/mol. The molecule has 0 unspecified atom stereocenters. The maximum absolute atomic E-state index is 5.35. The molecule has 0 heterocycles. The van der Waals surface area contributed by atoms with Crippen molar-refractivity contribution in [2.24, 2.45) is 11.3 Å². The molecule has 0 rings (SSSR count). The zero-order valence-electron chi connectivity index (χ0n) is 7.15. The molecule has 0 bridgehead atoms. The van der Waals surface area contributed by atoms with Gasteiger partial charge in [-0.1, -0.05) is 26.8 Å². The molecule has 0 aromatic heterocycles. The van der Waals surface area contributed by atoms with E-state index in [0.717, 1.165) is 6.42 Å². The highest BCUT2D eigenvalue weighted by Crippen LogP contribution is 2.20. The van der Waals surface area contributed by atoms with Gasteiger partial charge in [-0.2, -0.15) is 0 Å². The molecule has 0 amide bonds. The summed E-state index contributed by atoms with van der Waals surface area (Å²) in [7, 11) is 0. The van der Waals surface area contributed by atoms with Crippen LogP contribution in [0.5, 0.6) is 0 Å². The minimum atomic E-state index is 0.211. The molecule has 2 heteroatoms. The van der Waals surface area contributed by atoms with Crippen molar-refractivity contribution >= 4 is 0 Å². The fourth-order valence-electron chi connectivity index (χ4n) is 0.838. The van der Waals surface area contributed by atoms with Gasteiger partial charge in [0.1, 0.15) is 0 Å². The van der Waals surface area contributed by atoms with E-state index in [4.69, 9.17) is 5.84 Å². The summed E-state index contributed by atoms with van der Waals surface area (Å²) < 4.78 is 0. The Kier molecular flexibility index (Phi) is 3.61. The van der Waals surface area contributed by atoms with E-state index in [1.807, 2.05) is 6.08 Å². The largest absolute Gasteiger partial charge is 0.271 e. The number of nitrogens with one attached hydrogen (secondary N) is 1. The number of nitrogens with two attached hydrogens (primary N) is 1. The Bertz CT molecular complexity index is 102. The molecule has 0 saturated carbocycles. The molecule has 0 fully saturated rings. The van der Waals surface area contributed by atoms with Crippen molar-refractivity contribution in [3.05, 3.63) is 12.7 Å². The van der Waals surface area contributed by atoms with E-state index in [2.05, 4.69) is 32.8 Å². The van der Waals surface area contributed by atoms with Gasteiger partial charge < -0.3 is 0 Å². The van der Waals surface area contributed by atoms with Gasteiger partial charge in [0, 0.05) is 6.04 Å². The summed E-state index contributed by atoms with van der Waals surface area (Å²) in [5.41, 5.74) is 2.98. The quantitative estimate of drug-likeness (QED) is 0.355. The van der Waals surface area contributed by atoms with Crippen molar-refractivity contribution in [3.63, 3.8) is 0 Å². The van der Waals surface area contributed by atoms with Crippen LogP contribution in [0.25, 0.3) is 0 Å². The van der Waals surface area contributed by atoms with Gasteiger partial charge in [-0.05, 0) is 11.8 Å². The van der Waals surface area contributed by atoms with E-state index >= 15 is 0 Å². The van der Waals surface area contributed by atoms with E-state index < -0.39 is 0 Å². The third-order valence-electron chi connectivity index (χ3n) is 1.65. The average molecular weight is 142 g/mol. The summed E-state index contributed by atoms with van der Waals surface area (Å²) in [5, 5.41) is 0. The molecular formula is C8H18N2. The van der Waals surface area contributed by atoms with Crippen LogP contribution >= 0.6 is 0 Å². The lowest BCUT2D eigenvalue weighted by molar-refractivity contribution is 0.272. The van der Waals surface area contributed by atoms with E-state index in [1.54, 1.807) is 0 Å². The Morgan fingerprint density at radius 3 is 2.20 bits per heavy atom. The van der Waals surface area contributed by atoms with Gasteiger partial charge in [0.15, 0.2) is 0 Å². The summed E-state index contributed by atoms with van der Waals surface area (Å²) in [4.78, 5) is 0. The van der Waals surface area contributed by atoms with E-state index in [1.165, 1.54) is 0 Å². The normalized spacial score (nSPS) is 14.8. The lowest BCUT2D eigenvalue weighted by atomic mass is 9.85. The molecule has 2 nitrogen and oxygen atoms in total. The maximum Gasteiger partial charge on any atom is 0.0293 e. The second kappa shape index (κ2) is 3.74. The van der Waals surface area contributed by atoms with Crippen molar-refractivity contribution in [2.75, 3.05) is 0 Å². The average Bonchev–Trinajstić information content (AvgIpc) is 1.80. The molecule has 0 saturated heterocycles. The molecule has 0 spiro atoms. The van der Waals surface area contributed by atoms with E-state index in [-0.39, 0.29) is 5.41 Å². The third kappa shape index (κ3) is 2.99. The number of rotatable bonds is 3. The predicted octanol–water partition coefficient (Wildman–Crippen LogP) is 1.44. The van der Waals surface area contributed by atoms with Gasteiger partial charge in [-0.3, -0.25) is 11.3 Å². The van der Waals surface area contributed by atoms with Crippen LogP contribution in [0.3, 0.4) is 0 Å². The van der Waals surface area contributed by atoms with Crippen LogP contribution < -0.4 is 11.3 Å². The second-order valence-corrected chi connectivity index (χ2v) is 3.61. The first-order chi connectivity index (χ1) is 4.52. The van der Waals surface area contributed by atoms with Crippen LogP contribution in [-0.2, 0) is 0 Å². The first kappa shape index (κ1) is 9.66.